The number of hydrogen-bond donors (Lipinski definition) is 2. The molecule has 6 heteroatoms. The van der Waals surface area contributed by atoms with E-state index < -0.39 is 12.0 Å². The molecule has 3 aromatic rings. The number of carbonyl (C=O) groups is 2. The Kier molecular flexibility index (Phi) is 6.10. The van der Waals surface area contributed by atoms with Gasteiger partial charge in [0, 0.05) is 23.5 Å². The zero-order valence-electron chi connectivity index (χ0n) is 15.1. The summed E-state index contributed by atoms with van der Waals surface area (Å²) in [4.78, 5) is 27.8. The standard InChI is InChI=1S/C21H22N2O4/c1-2-26-21(25)19(12-15-13-22-18-11-7-6-10-17(15)18)23-20(24)14-27-16-8-4-3-5-9-16/h3-11,13,19,22H,2,12,14H2,1H3,(H,23,24)/t19-/m0/s1. The minimum absolute atomic E-state index is 0.173. The Balaban J connectivity index is 1.67. The van der Waals surface area contributed by atoms with E-state index in [1.54, 1.807) is 19.1 Å². The Hall–Kier alpha value is -3.28. The lowest BCUT2D eigenvalue weighted by molar-refractivity contribution is -0.147. The minimum atomic E-state index is -0.781. The van der Waals surface area contributed by atoms with Crippen LogP contribution >= 0.6 is 0 Å². The van der Waals surface area contributed by atoms with Crippen LogP contribution in [0.1, 0.15) is 12.5 Å². The van der Waals surface area contributed by atoms with Crippen LogP contribution in [0.25, 0.3) is 10.9 Å². The highest BCUT2D eigenvalue weighted by atomic mass is 16.5. The van der Waals surface area contributed by atoms with Crippen molar-refractivity contribution in [2.24, 2.45) is 0 Å². The molecule has 3 rings (SSSR count). The molecule has 1 amide bonds. The lowest BCUT2D eigenvalue weighted by atomic mass is 10.0. The molecule has 27 heavy (non-hydrogen) atoms. The molecule has 0 spiro atoms. The number of hydrogen-bond acceptors (Lipinski definition) is 4. The molecule has 0 saturated heterocycles. The fraction of sp³-hybridized carbons (Fsp3) is 0.238. The van der Waals surface area contributed by atoms with Crippen molar-refractivity contribution in [2.75, 3.05) is 13.2 Å². The summed E-state index contributed by atoms with van der Waals surface area (Å²) in [5.41, 5.74) is 1.92. The maximum absolute atomic E-state index is 12.3. The number of nitrogens with one attached hydrogen (secondary N) is 2. The van der Waals surface area contributed by atoms with E-state index in [2.05, 4.69) is 10.3 Å². The first-order chi connectivity index (χ1) is 13.2. The van der Waals surface area contributed by atoms with E-state index in [1.807, 2.05) is 48.7 Å². The van der Waals surface area contributed by atoms with E-state index in [0.717, 1.165) is 16.5 Å². The number of H-pyrrole nitrogens is 1. The van der Waals surface area contributed by atoms with Gasteiger partial charge in [-0.05, 0) is 30.7 Å². The second kappa shape index (κ2) is 8.89. The van der Waals surface area contributed by atoms with Crippen LogP contribution in [-0.2, 0) is 20.7 Å². The Morgan fingerprint density at radius 3 is 2.59 bits per heavy atom. The van der Waals surface area contributed by atoms with Gasteiger partial charge >= 0.3 is 5.97 Å². The van der Waals surface area contributed by atoms with Gasteiger partial charge in [0.15, 0.2) is 6.61 Å². The summed E-state index contributed by atoms with van der Waals surface area (Å²) in [5, 5.41) is 3.74. The second-order valence-corrected chi connectivity index (χ2v) is 6.04. The van der Waals surface area contributed by atoms with Crippen molar-refractivity contribution in [3.05, 3.63) is 66.4 Å². The van der Waals surface area contributed by atoms with Crippen molar-refractivity contribution in [3.63, 3.8) is 0 Å². The van der Waals surface area contributed by atoms with E-state index in [4.69, 9.17) is 9.47 Å². The van der Waals surface area contributed by atoms with E-state index in [-0.39, 0.29) is 19.1 Å². The van der Waals surface area contributed by atoms with Crippen LogP contribution in [0.15, 0.2) is 60.8 Å². The van der Waals surface area contributed by atoms with Crippen LogP contribution < -0.4 is 10.1 Å². The quantitative estimate of drug-likeness (QED) is 0.601. The zero-order valence-corrected chi connectivity index (χ0v) is 15.1. The van der Waals surface area contributed by atoms with Crippen LogP contribution in [0.3, 0.4) is 0 Å². The number of benzene rings is 2. The smallest absolute Gasteiger partial charge is 0.328 e. The Labute approximate surface area is 157 Å². The molecule has 2 aromatic carbocycles. The predicted octanol–water partition coefficient (Wildman–Crippen LogP) is 2.84. The molecule has 0 radical (unpaired) electrons. The first-order valence-corrected chi connectivity index (χ1v) is 8.86. The van der Waals surface area contributed by atoms with E-state index in [1.165, 1.54) is 0 Å². The molecule has 1 aromatic heterocycles. The maximum Gasteiger partial charge on any atom is 0.328 e. The molecule has 2 N–H and O–H groups in total. The molecule has 0 bridgehead atoms. The molecular weight excluding hydrogens is 344 g/mol. The normalized spacial score (nSPS) is 11.7. The summed E-state index contributed by atoms with van der Waals surface area (Å²) in [6.45, 7) is 1.81. The Morgan fingerprint density at radius 2 is 1.81 bits per heavy atom. The fourth-order valence-corrected chi connectivity index (χ4v) is 2.86. The van der Waals surface area contributed by atoms with Crippen LogP contribution in [-0.4, -0.2) is 36.1 Å². The first kappa shape index (κ1) is 18.5. The van der Waals surface area contributed by atoms with Gasteiger partial charge in [-0.3, -0.25) is 4.79 Å². The number of amides is 1. The predicted molar refractivity (Wildman–Crippen MR) is 103 cm³/mol. The lowest BCUT2D eigenvalue weighted by Crippen LogP contribution is -2.45. The summed E-state index contributed by atoms with van der Waals surface area (Å²) < 4.78 is 10.6. The summed E-state index contributed by atoms with van der Waals surface area (Å²) in [6, 6.07) is 16.1. The van der Waals surface area contributed by atoms with Gasteiger partial charge in [0.1, 0.15) is 11.8 Å². The molecule has 0 fully saturated rings. The molecule has 0 aliphatic rings. The largest absolute Gasteiger partial charge is 0.484 e. The van der Waals surface area contributed by atoms with Gasteiger partial charge in [0.2, 0.25) is 0 Å². The second-order valence-electron chi connectivity index (χ2n) is 6.04. The van der Waals surface area contributed by atoms with Gasteiger partial charge in [-0.25, -0.2) is 4.79 Å². The van der Waals surface area contributed by atoms with Crippen molar-refractivity contribution in [2.45, 2.75) is 19.4 Å². The number of fused-ring (bicyclic) bond motifs is 1. The van der Waals surface area contributed by atoms with E-state index in [9.17, 15) is 9.59 Å². The van der Waals surface area contributed by atoms with Gasteiger partial charge in [-0.15, -0.1) is 0 Å². The van der Waals surface area contributed by atoms with Crippen molar-refractivity contribution < 1.29 is 19.1 Å². The highest BCUT2D eigenvalue weighted by Gasteiger charge is 2.24. The highest BCUT2D eigenvalue weighted by Crippen LogP contribution is 2.19. The Bertz CT molecular complexity index is 905. The van der Waals surface area contributed by atoms with Crippen LogP contribution in [0.2, 0.25) is 0 Å². The molecule has 0 aliphatic heterocycles. The van der Waals surface area contributed by atoms with Gasteiger partial charge in [0.25, 0.3) is 5.91 Å². The number of rotatable bonds is 8. The SMILES string of the molecule is CCOC(=O)[C@H](Cc1c[nH]c2ccccc12)NC(=O)COc1ccccc1. The molecule has 1 atom stereocenters. The third kappa shape index (κ3) is 4.88. The van der Waals surface area contributed by atoms with Gasteiger partial charge < -0.3 is 19.8 Å². The number of esters is 1. The zero-order chi connectivity index (χ0) is 19.1. The molecule has 0 unspecified atom stereocenters. The summed E-state index contributed by atoms with van der Waals surface area (Å²) in [5.74, 6) is -0.246. The lowest BCUT2D eigenvalue weighted by Gasteiger charge is -2.17. The molecule has 140 valence electrons. The van der Waals surface area contributed by atoms with Crippen molar-refractivity contribution >= 4 is 22.8 Å². The maximum atomic E-state index is 12.3. The van der Waals surface area contributed by atoms with Crippen molar-refractivity contribution in [1.29, 1.82) is 0 Å². The number of aromatic nitrogens is 1. The summed E-state index contributed by atoms with van der Waals surface area (Å²) >= 11 is 0. The van der Waals surface area contributed by atoms with Gasteiger partial charge in [0.05, 0.1) is 6.61 Å². The van der Waals surface area contributed by atoms with Crippen molar-refractivity contribution in [1.82, 2.24) is 10.3 Å². The molecule has 0 aliphatic carbocycles. The fourth-order valence-electron chi connectivity index (χ4n) is 2.86. The molecule has 6 nitrogen and oxygen atoms in total. The average Bonchev–Trinajstić information content (AvgIpc) is 3.10. The third-order valence-electron chi connectivity index (χ3n) is 4.12. The van der Waals surface area contributed by atoms with Crippen LogP contribution in [0, 0.1) is 0 Å². The third-order valence-corrected chi connectivity index (χ3v) is 4.12. The number of para-hydroxylation sites is 2. The number of aromatic amines is 1. The summed E-state index contributed by atoms with van der Waals surface area (Å²) in [6.07, 6.45) is 2.18. The summed E-state index contributed by atoms with van der Waals surface area (Å²) in [7, 11) is 0. The van der Waals surface area contributed by atoms with Crippen LogP contribution in [0.5, 0.6) is 5.75 Å². The molecule has 0 saturated carbocycles. The van der Waals surface area contributed by atoms with Crippen molar-refractivity contribution in [3.8, 4) is 5.75 Å². The monoisotopic (exact) mass is 366 g/mol. The Morgan fingerprint density at radius 1 is 1.07 bits per heavy atom. The van der Waals surface area contributed by atoms with E-state index in [0.29, 0.717) is 12.2 Å². The first-order valence-electron chi connectivity index (χ1n) is 8.86. The topological polar surface area (TPSA) is 80.4 Å². The number of carbonyl (C=O) groups excluding carboxylic acids is 2. The molecule has 1 heterocycles. The number of ether oxygens (including phenoxy) is 2. The van der Waals surface area contributed by atoms with Gasteiger partial charge in [-0.2, -0.15) is 0 Å². The molecular formula is C21H22N2O4. The minimum Gasteiger partial charge on any atom is -0.484 e. The average molecular weight is 366 g/mol. The van der Waals surface area contributed by atoms with Gasteiger partial charge in [-0.1, -0.05) is 36.4 Å². The van der Waals surface area contributed by atoms with E-state index >= 15 is 0 Å². The highest BCUT2D eigenvalue weighted by molar-refractivity contribution is 5.87. The van der Waals surface area contributed by atoms with Crippen LogP contribution in [0.4, 0.5) is 0 Å².